The number of halogens is 1. The van der Waals surface area contributed by atoms with Crippen molar-refractivity contribution in [2.24, 2.45) is 0 Å². The quantitative estimate of drug-likeness (QED) is 0.397. The summed E-state index contributed by atoms with van der Waals surface area (Å²) in [7, 11) is 1.45. The highest BCUT2D eigenvalue weighted by molar-refractivity contribution is 6.00. The number of hydrogen-bond acceptors (Lipinski definition) is 5. The van der Waals surface area contributed by atoms with Gasteiger partial charge in [-0.15, -0.1) is 0 Å². The summed E-state index contributed by atoms with van der Waals surface area (Å²) in [6.07, 6.45) is 0. The van der Waals surface area contributed by atoms with Gasteiger partial charge < -0.3 is 19.4 Å². The number of para-hydroxylation sites is 1. The largest absolute Gasteiger partial charge is 0.496 e. The Morgan fingerprint density at radius 3 is 2.39 bits per heavy atom. The number of amides is 1. The van der Waals surface area contributed by atoms with Crippen molar-refractivity contribution in [3.05, 3.63) is 88.5 Å². The van der Waals surface area contributed by atoms with E-state index in [1.165, 1.54) is 19.2 Å². The van der Waals surface area contributed by atoms with E-state index in [4.69, 9.17) is 9.47 Å². The molecule has 0 saturated heterocycles. The van der Waals surface area contributed by atoms with Crippen LogP contribution < -0.4 is 10.1 Å². The number of ketones is 1. The second-order valence-electron chi connectivity index (χ2n) is 7.46. The van der Waals surface area contributed by atoms with E-state index in [1.807, 2.05) is 11.5 Å². The summed E-state index contributed by atoms with van der Waals surface area (Å²) in [5.41, 5.74) is 3.21. The van der Waals surface area contributed by atoms with Gasteiger partial charge in [-0.3, -0.25) is 14.4 Å². The molecule has 0 unspecified atom stereocenters. The molecule has 3 rings (SSSR count). The Morgan fingerprint density at radius 2 is 1.70 bits per heavy atom. The minimum Gasteiger partial charge on any atom is -0.496 e. The number of aryl methyl sites for hydroxylation is 1. The topological polar surface area (TPSA) is 86.6 Å². The zero-order valence-electron chi connectivity index (χ0n) is 18.7. The molecule has 33 heavy (non-hydrogen) atoms. The number of rotatable bonds is 9. The molecule has 1 N–H and O–H groups in total. The summed E-state index contributed by atoms with van der Waals surface area (Å²) < 4.78 is 25.3. The van der Waals surface area contributed by atoms with Crippen molar-refractivity contribution in [3.8, 4) is 5.75 Å². The molecule has 7 nitrogen and oxygen atoms in total. The summed E-state index contributed by atoms with van der Waals surface area (Å²) in [5, 5.41) is 2.46. The lowest BCUT2D eigenvalue weighted by molar-refractivity contribution is -0.141. The number of aromatic nitrogens is 1. The monoisotopic (exact) mass is 452 g/mol. The van der Waals surface area contributed by atoms with Gasteiger partial charge in [0.1, 0.15) is 18.1 Å². The Kier molecular flexibility index (Phi) is 7.61. The van der Waals surface area contributed by atoms with Crippen molar-refractivity contribution >= 4 is 17.7 Å². The van der Waals surface area contributed by atoms with Crippen LogP contribution in [0, 0.1) is 19.7 Å². The fraction of sp³-hybridized carbons (Fsp3) is 0.240. The lowest BCUT2D eigenvalue weighted by Crippen LogP contribution is -2.31. The minimum absolute atomic E-state index is 0.289. The van der Waals surface area contributed by atoms with Gasteiger partial charge in [0.2, 0.25) is 5.78 Å². The Hall–Kier alpha value is -3.94. The molecule has 8 heteroatoms. The van der Waals surface area contributed by atoms with E-state index in [0.29, 0.717) is 17.9 Å². The van der Waals surface area contributed by atoms with Crippen LogP contribution in [-0.2, 0) is 16.1 Å². The van der Waals surface area contributed by atoms with Crippen molar-refractivity contribution in [1.82, 2.24) is 9.88 Å². The molecule has 2 aromatic carbocycles. The summed E-state index contributed by atoms with van der Waals surface area (Å²) >= 11 is 0. The first-order chi connectivity index (χ1) is 15.8. The fourth-order valence-electron chi connectivity index (χ4n) is 3.45. The van der Waals surface area contributed by atoms with Crippen molar-refractivity contribution in [1.29, 1.82) is 0 Å². The van der Waals surface area contributed by atoms with Gasteiger partial charge in [0.15, 0.2) is 6.61 Å². The SMILES string of the molecule is COc1ccccc1C(=O)NCC(=O)OCC(=O)c1cc(C)n(Cc2ccc(F)cc2)c1C. The molecule has 1 heterocycles. The van der Waals surface area contributed by atoms with Crippen molar-refractivity contribution in [2.45, 2.75) is 20.4 Å². The first-order valence-corrected chi connectivity index (χ1v) is 10.3. The number of methoxy groups -OCH3 is 1. The Morgan fingerprint density at radius 1 is 1.00 bits per heavy atom. The molecule has 0 spiro atoms. The highest BCUT2D eigenvalue weighted by atomic mass is 19.1. The zero-order valence-corrected chi connectivity index (χ0v) is 18.7. The van der Waals surface area contributed by atoms with E-state index in [1.54, 1.807) is 49.4 Å². The third-order valence-corrected chi connectivity index (χ3v) is 5.24. The molecular formula is C25H25FN2O5. The van der Waals surface area contributed by atoms with E-state index in [9.17, 15) is 18.8 Å². The van der Waals surface area contributed by atoms with Crippen LogP contribution in [0.4, 0.5) is 4.39 Å². The van der Waals surface area contributed by atoms with Crippen molar-refractivity contribution in [3.63, 3.8) is 0 Å². The minimum atomic E-state index is -0.730. The van der Waals surface area contributed by atoms with Gasteiger partial charge >= 0.3 is 5.97 Å². The number of carbonyl (C=O) groups is 3. The van der Waals surface area contributed by atoms with Crippen LogP contribution in [0.5, 0.6) is 5.75 Å². The van der Waals surface area contributed by atoms with Crippen LogP contribution in [0.3, 0.4) is 0 Å². The highest BCUT2D eigenvalue weighted by Gasteiger charge is 2.18. The van der Waals surface area contributed by atoms with Crippen LogP contribution in [-0.4, -0.2) is 42.5 Å². The molecule has 0 aliphatic rings. The molecule has 1 amide bonds. The number of hydrogen-bond donors (Lipinski definition) is 1. The third-order valence-electron chi connectivity index (χ3n) is 5.24. The fourth-order valence-corrected chi connectivity index (χ4v) is 3.45. The Balaban J connectivity index is 1.55. The molecular weight excluding hydrogens is 427 g/mol. The van der Waals surface area contributed by atoms with Crippen LogP contribution in [0.15, 0.2) is 54.6 Å². The predicted molar refractivity (Wildman–Crippen MR) is 120 cm³/mol. The van der Waals surface area contributed by atoms with Gasteiger partial charge in [-0.25, -0.2) is 4.39 Å². The smallest absolute Gasteiger partial charge is 0.325 e. The molecule has 0 radical (unpaired) electrons. The van der Waals surface area contributed by atoms with Gasteiger partial charge in [-0.1, -0.05) is 24.3 Å². The van der Waals surface area contributed by atoms with Crippen LogP contribution in [0.2, 0.25) is 0 Å². The molecule has 0 atom stereocenters. The average molecular weight is 452 g/mol. The number of nitrogens with one attached hydrogen (secondary N) is 1. The molecule has 0 saturated carbocycles. The molecule has 0 fully saturated rings. The van der Waals surface area contributed by atoms with Crippen LogP contribution >= 0.6 is 0 Å². The summed E-state index contributed by atoms with van der Waals surface area (Å²) in [4.78, 5) is 36.9. The van der Waals surface area contributed by atoms with Crippen LogP contribution in [0.25, 0.3) is 0 Å². The van der Waals surface area contributed by atoms with Gasteiger partial charge in [0.25, 0.3) is 5.91 Å². The van der Waals surface area contributed by atoms with Gasteiger partial charge in [-0.05, 0) is 49.7 Å². The summed E-state index contributed by atoms with van der Waals surface area (Å²) in [6, 6.07) is 14.5. The second-order valence-corrected chi connectivity index (χ2v) is 7.46. The van der Waals surface area contributed by atoms with Crippen LogP contribution in [0.1, 0.15) is 37.7 Å². The molecule has 172 valence electrons. The normalized spacial score (nSPS) is 10.5. The lowest BCUT2D eigenvalue weighted by Gasteiger charge is -2.10. The average Bonchev–Trinajstić information content (AvgIpc) is 3.10. The third kappa shape index (κ3) is 5.85. The lowest BCUT2D eigenvalue weighted by atomic mass is 10.1. The maximum absolute atomic E-state index is 13.1. The van der Waals surface area contributed by atoms with Crippen molar-refractivity contribution in [2.75, 3.05) is 20.3 Å². The Labute approximate surface area is 191 Å². The first kappa shape index (κ1) is 23.7. The van der Waals surface area contributed by atoms with E-state index >= 15 is 0 Å². The maximum Gasteiger partial charge on any atom is 0.325 e. The Bertz CT molecular complexity index is 1170. The highest BCUT2D eigenvalue weighted by Crippen LogP contribution is 2.19. The molecule has 0 bridgehead atoms. The molecule has 1 aromatic heterocycles. The zero-order chi connectivity index (χ0) is 24.0. The van der Waals surface area contributed by atoms with E-state index in [-0.39, 0.29) is 23.7 Å². The predicted octanol–water partition coefficient (Wildman–Crippen LogP) is 3.46. The standard InChI is InChI=1S/C25H25FN2O5/c1-16-12-21(17(2)28(16)14-18-8-10-19(26)11-9-18)22(29)15-33-24(30)13-27-25(31)20-6-4-5-7-23(20)32-3/h4-12H,13-15H2,1-3H3,(H,27,31). The van der Waals surface area contributed by atoms with Gasteiger partial charge in [0.05, 0.1) is 12.7 Å². The molecule has 0 aliphatic carbocycles. The second kappa shape index (κ2) is 10.6. The molecule has 0 aliphatic heterocycles. The van der Waals surface area contributed by atoms with E-state index in [0.717, 1.165) is 17.0 Å². The summed E-state index contributed by atoms with van der Waals surface area (Å²) in [6.45, 7) is 3.34. The van der Waals surface area contributed by atoms with Gasteiger partial charge in [-0.2, -0.15) is 0 Å². The number of benzene rings is 2. The summed E-state index contributed by atoms with van der Waals surface area (Å²) in [5.74, 6) is -1.49. The van der Waals surface area contributed by atoms with E-state index in [2.05, 4.69) is 5.32 Å². The van der Waals surface area contributed by atoms with Crippen molar-refractivity contribution < 1.29 is 28.2 Å². The maximum atomic E-state index is 13.1. The van der Waals surface area contributed by atoms with E-state index < -0.39 is 18.5 Å². The molecule has 3 aromatic rings. The number of carbonyl (C=O) groups excluding carboxylic acids is 3. The number of ether oxygens (including phenoxy) is 2. The number of Topliss-reactive ketones (excluding diaryl/α,β-unsaturated/α-hetero) is 1. The van der Waals surface area contributed by atoms with Gasteiger partial charge in [0, 0.05) is 23.5 Å². The first-order valence-electron chi connectivity index (χ1n) is 10.3. The number of esters is 1. The number of nitrogens with zero attached hydrogens (tertiary/aromatic N) is 1.